The van der Waals surface area contributed by atoms with Crippen LogP contribution in [0.15, 0.2) is 18.2 Å². The van der Waals surface area contributed by atoms with Gasteiger partial charge in [0, 0.05) is 18.6 Å². The van der Waals surface area contributed by atoms with Gasteiger partial charge in [-0.3, -0.25) is 9.69 Å². The normalized spacial score (nSPS) is 28.9. The molecular weight excluding hydrogens is 414 g/mol. The summed E-state index contributed by atoms with van der Waals surface area (Å²) in [5.74, 6) is 2.80. The van der Waals surface area contributed by atoms with Gasteiger partial charge in [-0.2, -0.15) is 0 Å². The second-order valence-electron chi connectivity index (χ2n) is 10.7. The van der Waals surface area contributed by atoms with Crippen LogP contribution in [0.1, 0.15) is 69.9 Å². The number of nitrogens with zero attached hydrogens (tertiary/aromatic N) is 3. The zero-order valence-electron chi connectivity index (χ0n) is 20.5. The van der Waals surface area contributed by atoms with Crippen molar-refractivity contribution in [3.8, 4) is 11.5 Å². The van der Waals surface area contributed by atoms with Crippen molar-refractivity contribution in [1.29, 1.82) is 0 Å². The van der Waals surface area contributed by atoms with Crippen LogP contribution in [0.3, 0.4) is 0 Å². The summed E-state index contributed by atoms with van der Waals surface area (Å²) in [5.41, 5.74) is 1.17. The third kappa shape index (κ3) is 5.17. The molecule has 1 amide bonds. The average Bonchev–Trinajstić information content (AvgIpc) is 3.34. The summed E-state index contributed by atoms with van der Waals surface area (Å²) in [6, 6.07) is 7.65. The number of carbonyl (C=O) groups excluding carboxylic acids is 1. The summed E-state index contributed by atoms with van der Waals surface area (Å²) < 4.78 is 11.5. The van der Waals surface area contributed by atoms with Gasteiger partial charge in [0.1, 0.15) is 13.2 Å². The zero-order valence-corrected chi connectivity index (χ0v) is 20.5. The van der Waals surface area contributed by atoms with Crippen LogP contribution in [0.25, 0.3) is 0 Å². The number of hydrogen-bond donors (Lipinski definition) is 0. The Morgan fingerprint density at radius 3 is 2.45 bits per heavy atom. The van der Waals surface area contributed by atoms with Crippen LogP contribution in [0, 0.1) is 5.92 Å². The molecule has 6 heteroatoms. The van der Waals surface area contributed by atoms with E-state index in [9.17, 15) is 4.79 Å². The second kappa shape index (κ2) is 10.2. The Hall–Kier alpha value is -1.79. The standard InChI is InChI=1S/C27H41N3O3/c1-20-5-8-23(9-6-20)29-14-11-22(12-15-29)28(2)19-27(31)30-13-3-4-24(30)21-7-10-25-26(18-21)33-17-16-32-25/h7,10,18,20,22-24H,3-6,8-9,11-17,19H2,1-2H3. The van der Waals surface area contributed by atoms with Crippen molar-refractivity contribution in [2.75, 3.05) is 46.4 Å². The molecule has 3 heterocycles. The molecule has 6 nitrogen and oxygen atoms in total. The van der Waals surface area contributed by atoms with E-state index in [2.05, 4.69) is 40.8 Å². The van der Waals surface area contributed by atoms with E-state index >= 15 is 0 Å². The molecule has 1 unspecified atom stereocenters. The lowest BCUT2D eigenvalue weighted by molar-refractivity contribution is -0.133. The number of piperidine rings is 1. The third-order valence-electron chi connectivity index (χ3n) is 8.53. The van der Waals surface area contributed by atoms with Gasteiger partial charge in [0.15, 0.2) is 11.5 Å². The van der Waals surface area contributed by atoms with Gasteiger partial charge in [0.25, 0.3) is 0 Å². The number of likely N-dealkylation sites (tertiary alicyclic amines) is 2. The lowest BCUT2D eigenvalue weighted by Crippen LogP contribution is -2.50. The maximum Gasteiger partial charge on any atom is 0.237 e. The zero-order chi connectivity index (χ0) is 22.8. The fourth-order valence-corrected chi connectivity index (χ4v) is 6.41. The molecule has 0 N–H and O–H groups in total. The molecule has 3 aliphatic heterocycles. The highest BCUT2D eigenvalue weighted by atomic mass is 16.6. The number of likely N-dealkylation sites (N-methyl/N-ethyl adjacent to an activating group) is 1. The molecule has 0 spiro atoms. The minimum Gasteiger partial charge on any atom is -0.486 e. The van der Waals surface area contributed by atoms with Crippen molar-refractivity contribution in [1.82, 2.24) is 14.7 Å². The van der Waals surface area contributed by atoms with Crippen molar-refractivity contribution in [2.24, 2.45) is 5.92 Å². The van der Waals surface area contributed by atoms with Crippen LogP contribution in [-0.4, -0.2) is 79.1 Å². The molecule has 1 aliphatic carbocycles. The van der Waals surface area contributed by atoms with Gasteiger partial charge in [0.2, 0.25) is 5.91 Å². The molecule has 4 aliphatic rings. The molecule has 1 aromatic carbocycles. The van der Waals surface area contributed by atoms with Crippen LogP contribution >= 0.6 is 0 Å². The maximum atomic E-state index is 13.3. The van der Waals surface area contributed by atoms with Gasteiger partial charge in [-0.15, -0.1) is 0 Å². The molecule has 1 atom stereocenters. The highest BCUT2D eigenvalue weighted by Gasteiger charge is 2.33. The first kappa shape index (κ1) is 23.0. The van der Waals surface area contributed by atoms with Gasteiger partial charge in [-0.05, 0) is 95.1 Å². The summed E-state index contributed by atoms with van der Waals surface area (Å²) in [4.78, 5) is 20.5. The largest absolute Gasteiger partial charge is 0.486 e. The number of ether oxygens (including phenoxy) is 2. The third-order valence-corrected chi connectivity index (χ3v) is 8.53. The van der Waals surface area contributed by atoms with Crippen LogP contribution in [0.2, 0.25) is 0 Å². The van der Waals surface area contributed by atoms with Gasteiger partial charge >= 0.3 is 0 Å². The Morgan fingerprint density at radius 2 is 1.70 bits per heavy atom. The first-order valence-corrected chi connectivity index (χ1v) is 13.2. The van der Waals surface area contributed by atoms with Crippen molar-refractivity contribution in [3.05, 3.63) is 23.8 Å². The predicted molar refractivity (Wildman–Crippen MR) is 130 cm³/mol. The molecule has 5 rings (SSSR count). The molecule has 0 bridgehead atoms. The van der Waals surface area contributed by atoms with Gasteiger partial charge in [0.05, 0.1) is 12.6 Å². The molecule has 182 valence electrons. The van der Waals surface area contributed by atoms with E-state index in [1.54, 1.807) is 0 Å². The molecule has 3 fully saturated rings. The summed E-state index contributed by atoms with van der Waals surface area (Å²) >= 11 is 0. The van der Waals surface area contributed by atoms with Crippen molar-refractivity contribution in [3.63, 3.8) is 0 Å². The molecule has 1 aromatic rings. The fourth-order valence-electron chi connectivity index (χ4n) is 6.41. The van der Waals surface area contributed by atoms with Crippen molar-refractivity contribution >= 4 is 5.91 Å². The Kier molecular flexibility index (Phi) is 7.12. The Balaban J connectivity index is 1.14. The van der Waals surface area contributed by atoms with E-state index in [0.29, 0.717) is 25.8 Å². The van der Waals surface area contributed by atoms with Crippen molar-refractivity contribution in [2.45, 2.75) is 76.4 Å². The van der Waals surface area contributed by atoms with Crippen LogP contribution in [-0.2, 0) is 4.79 Å². The Bertz CT molecular complexity index is 815. The van der Waals surface area contributed by atoms with Crippen molar-refractivity contribution < 1.29 is 14.3 Å². The van der Waals surface area contributed by atoms with Gasteiger partial charge in [-0.25, -0.2) is 0 Å². The second-order valence-corrected chi connectivity index (χ2v) is 10.7. The Morgan fingerprint density at radius 1 is 0.970 bits per heavy atom. The highest BCUT2D eigenvalue weighted by Crippen LogP contribution is 2.38. The van der Waals surface area contributed by atoms with E-state index in [0.717, 1.165) is 42.8 Å². The van der Waals surface area contributed by atoms with Gasteiger partial charge in [-0.1, -0.05) is 13.0 Å². The number of benzene rings is 1. The summed E-state index contributed by atoms with van der Waals surface area (Å²) in [5, 5.41) is 0. The van der Waals surface area contributed by atoms with E-state index in [-0.39, 0.29) is 11.9 Å². The Labute approximate surface area is 199 Å². The SMILES string of the molecule is CC1CCC(N2CCC(N(C)CC(=O)N3CCCC3c3ccc4c(c3)OCCO4)CC2)CC1. The number of fused-ring (bicyclic) bond motifs is 1. The maximum absolute atomic E-state index is 13.3. The van der Waals surface area contributed by atoms with Gasteiger partial charge < -0.3 is 19.3 Å². The average molecular weight is 456 g/mol. The quantitative estimate of drug-likeness (QED) is 0.669. The number of rotatable bonds is 5. The fraction of sp³-hybridized carbons (Fsp3) is 0.741. The molecule has 0 radical (unpaired) electrons. The monoisotopic (exact) mass is 455 g/mol. The van der Waals surface area contributed by atoms with Crippen LogP contribution < -0.4 is 9.47 Å². The van der Waals surface area contributed by atoms with Crippen LogP contribution in [0.5, 0.6) is 11.5 Å². The molecular formula is C27H41N3O3. The lowest BCUT2D eigenvalue weighted by atomic mass is 9.85. The lowest BCUT2D eigenvalue weighted by Gasteiger charge is -2.42. The molecule has 33 heavy (non-hydrogen) atoms. The van der Waals surface area contributed by atoms with E-state index in [1.807, 2.05) is 6.07 Å². The molecule has 2 saturated heterocycles. The number of hydrogen-bond acceptors (Lipinski definition) is 5. The van der Waals surface area contributed by atoms with Crippen LogP contribution in [0.4, 0.5) is 0 Å². The summed E-state index contributed by atoms with van der Waals surface area (Å²) in [6.45, 7) is 7.33. The minimum absolute atomic E-state index is 0.150. The topological polar surface area (TPSA) is 45.2 Å². The van der Waals surface area contributed by atoms with E-state index < -0.39 is 0 Å². The predicted octanol–water partition coefficient (Wildman–Crippen LogP) is 4.10. The molecule has 1 saturated carbocycles. The number of carbonyl (C=O) groups is 1. The summed E-state index contributed by atoms with van der Waals surface area (Å²) in [6.07, 6.45) is 9.97. The smallest absolute Gasteiger partial charge is 0.237 e. The van der Waals surface area contributed by atoms with E-state index in [4.69, 9.17) is 9.47 Å². The highest BCUT2D eigenvalue weighted by molar-refractivity contribution is 5.79. The number of amides is 1. The molecule has 0 aromatic heterocycles. The van der Waals surface area contributed by atoms with E-state index in [1.165, 1.54) is 57.2 Å². The first-order chi connectivity index (χ1) is 16.1. The first-order valence-electron chi connectivity index (χ1n) is 13.2. The summed E-state index contributed by atoms with van der Waals surface area (Å²) in [7, 11) is 2.15. The minimum atomic E-state index is 0.150.